The number of rotatable bonds is 4. The van der Waals surface area contributed by atoms with E-state index in [1.807, 2.05) is 42.5 Å². The van der Waals surface area contributed by atoms with Crippen molar-refractivity contribution in [3.63, 3.8) is 0 Å². The lowest BCUT2D eigenvalue weighted by Gasteiger charge is -2.32. The van der Waals surface area contributed by atoms with Gasteiger partial charge in [-0.15, -0.1) is 0 Å². The lowest BCUT2D eigenvalue weighted by molar-refractivity contribution is 0.0910. The number of hydrogen-bond acceptors (Lipinski definition) is 4. The molecule has 0 saturated carbocycles. The van der Waals surface area contributed by atoms with Crippen molar-refractivity contribution in [2.75, 3.05) is 13.1 Å². The Kier molecular flexibility index (Phi) is 5.51. The lowest BCUT2D eigenvalue weighted by Crippen LogP contribution is -2.44. The molecule has 0 unspecified atom stereocenters. The molecule has 2 aromatic heterocycles. The van der Waals surface area contributed by atoms with Crippen molar-refractivity contribution in [3.05, 3.63) is 107 Å². The first kappa shape index (κ1) is 21.5. The van der Waals surface area contributed by atoms with E-state index in [0.717, 1.165) is 43.2 Å². The summed E-state index contributed by atoms with van der Waals surface area (Å²) in [6.07, 6.45) is 3.47. The van der Waals surface area contributed by atoms with Crippen LogP contribution in [0.5, 0.6) is 0 Å². The molecular weight excluding hydrogens is 436 g/mol. The van der Waals surface area contributed by atoms with E-state index in [-0.39, 0.29) is 17.5 Å². The first-order valence-electron chi connectivity index (χ1n) is 12.1. The minimum absolute atomic E-state index is 0.103. The number of hydrogen-bond donors (Lipinski definition) is 1. The highest BCUT2D eigenvalue weighted by Crippen LogP contribution is 2.21. The Morgan fingerprint density at radius 3 is 2.40 bits per heavy atom. The quantitative estimate of drug-likeness (QED) is 0.402. The van der Waals surface area contributed by atoms with Gasteiger partial charge in [-0.05, 0) is 53.4 Å². The summed E-state index contributed by atoms with van der Waals surface area (Å²) in [7, 11) is 0. The lowest BCUT2D eigenvalue weighted by atomic mass is 10.0. The van der Waals surface area contributed by atoms with Gasteiger partial charge in [0.25, 0.3) is 11.5 Å². The zero-order chi connectivity index (χ0) is 23.8. The van der Waals surface area contributed by atoms with Crippen LogP contribution in [0.15, 0.2) is 89.9 Å². The number of nitrogens with one attached hydrogen (secondary N) is 1. The van der Waals surface area contributed by atoms with E-state index in [0.29, 0.717) is 22.1 Å². The predicted octanol–water partition coefficient (Wildman–Crippen LogP) is 4.40. The van der Waals surface area contributed by atoms with Gasteiger partial charge in [0.2, 0.25) is 0 Å². The minimum Gasteiger partial charge on any atom is -0.349 e. The Labute approximate surface area is 202 Å². The number of amides is 1. The van der Waals surface area contributed by atoms with Crippen molar-refractivity contribution >= 4 is 33.2 Å². The molecule has 174 valence electrons. The molecule has 6 nitrogen and oxygen atoms in total. The van der Waals surface area contributed by atoms with Gasteiger partial charge in [-0.2, -0.15) is 0 Å². The molecule has 1 aliphatic rings. The monoisotopic (exact) mass is 462 g/mol. The van der Waals surface area contributed by atoms with Crippen LogP contribution in [0, 0.1) is 0 Å². The molecule has 0 atom stereocenters. The van der Waals surface area contributed by atoms with Crippen LogP contribution >= 0.6 is 0 Å². The third-order valence-corrected chi connectivity index (χ3v) is 6.92. The maximum absolute atomic E-state index is 13.3. The Balaban J connectivity index is 1.24. The minimum atomic E-state index is -0.184. The number of piperidine rings is 1. The van der Waals surface area contributed by atoms with Crippen molar-refractivity contribution in [3.8, 4) is 0 Å². The average molecular weight is 463 g/mol. The Morgan fingerprint density at radius 2 is 1.63 bits per heavy atom. The van der Waals surface area contributed by atoms with E-state index < -0.39 is 0 Å². The van der Waals surface area contributed by atoms with Crippen LogP contribution in [-0.2, 0) is 6.54 Å². The zero-order valence-electron chi connectivity index (χ0n) is 19.4. The molecule has 6 rings (SSSR count). The van der Waals surface area contributed by atoms with Crippen molar-refractivity contribution in [1.82, 2.24) is 19.6 Å². The largest absolute Gasteiger partial charge is 0.349 e. The van der Waals surface area contributed by atoms with Crippen LogP contribution in [0.25, 0.3) is 27.3 Å². The molecule has 0 radical (unpaired) electrons. The molecule has 0 bridgehead atoms. The maximum atomic E-state index is 13.3. The topological polar surface area (TPSA) is 66.7 Å². The molecule has 1 aliphatic heterocycles. The second-order valence-corrected chi connectivity index (χ2v) is 9.26. The highest BCUT2D eigenvalue weighted by molar-refractivity contribution is 6.02. The molecule has 1 N–H and O–H groups in total. The van der Waals surface area contributed by atoms with E-state index in [2.05, 4.69) is 34.5 Å². The molecule has 1 amide bonds. The van der Waals surface area contributed by atoms with Gasteiger partial charge >= 0.3 is 0 Å². The molecule has 35 heavy (non-hydrogen) atoms. The van der Waals surface area contributed by atoms with E-state index >= 15 is 0 Å². The number of nitrogens with zero attached hydrogens (tertiary/aromatic N) is 3. The summed E-state index contributed by atoms with van der Waals surface area (Å²) in [5.41, 5.74) is 2.55. The van der Waals surface area contributed by atoms with E-state index in [1.165, 1.54) is 9.96 Å². The van der Waals surface area contributed by atoms with E-state index in [4.69, 9.17) is 4.98 Å². The predicted molar refractivity (Wildman–Crippen MR) is 139 cm³/mol. The summed E-state index contributed by atoms with van der Waals surface area (Å²) >= 11 is 0. The normalized spacial score (nSPS) is 15.1. The third-order valence-electron chi connectivity index (χ3n) is 6.92. The number of carbonyl (C=O) groups excluding carboxylic acids is 1. The van der Waals surface area contributed by atoms with Gasteiger partial charge in [-0.3, -0.25) is 18.9 Å². The number of benzene rings is 3. The SMILES string of the molecule is O=C(NC1CCN(Cc2ccccc2)CC1)c1cccn2c(=O)c3cc4ccccc4cc3nc12. The molecule has 0 aliphatic carbocycles. The number of aromatic nitrogens is 2. The molecule has 1 saturated heterocycles. The third kappa shape index (κ3) is 4.17. The molecule has 3 heterocycles. The summed E-state index contributed by atoms with van der Waals surface area (Å²) in [5, 5.41) is 5.74. The van der Waals surface area contributed by atoms with Crippen LogP contribution in [0.3, 0.4) is 0 Å². The summed E-state index contributed by atoms with van der Waals surface area (Å²) in [6.45, 7) is 2.80. The van der Waals surface area contributed by atoms with Crippen molar-refractivity contribution in [2.45, 2.75) is 25.4 Å². The van der Waals surface area contributed by atoms with Gasteiger partial charge in [-0.25, -0.2) is 4.98 Å². The van der Waals surface area contributed by atoms with Gasteiger partial charge in [0, 0.05) is 31.9 Å². The van der Waals surface area contributed by atoms with Crippen LogP contribution < -0.4 is 10.9 Å². The molecule has 0 spiro atoms. The standard InChI is InChI=1S/C29H26N4O2/c34-28(30-23-12-15-32(16-13-23)19-20-7-2-1-3-8-20)24-11-6-14-33-27(24)31-26-18-22-10-5-4-9-21(22)17-25(26)29(33)35/h1-11,14,17-18,23H,12-13,15-16,19H2,(H,30,34). The summed E-state index contributed by atoms with van der Waals surface area (Å²) in [4.78, 5) is 33.7. The average Bonchev–Trinajstić information content (AvgIpc) is 2.89. The Morgan fingerprint density at radius 1 is 0.914 bits per heavy atom. The fourth-order valence-corrected chi connectivity index (χ4v) is 5.03. The van der Waals surface area contributed by atoms with E-state index in [1.54, 1.807) is 18.3 Å². The number of pyridine rings is 1. The number of carbonyl (C=O) groups is 1. The Bertz CT molecular complexity index is 1600. The van der Waals surface area contributed by atoms with Gasteiger partial charge in [-0.1, -0.05) is 54.6 Å². The van der Waals surface area contributed by atoms with Crippen molar-refractivity contribution < 1.29 is 4.79 Å². The molecule has 3 aromatic carbocycles. The molecule has 5 aromatic rings. The number of fused-ring (bicyclic) bond motifs is 3. The second kappa shape index (κ2) is 8.96. The molecular formula is C29H26N4O2. The maximum Gasteiger partial charge on any atom is 0.265 e. The first-order valence-corrected chi connectivity index (χ1v) is 12.1. The molecule has 1 fully saturated rings. The fraction of sp³-hybridized carbons (Fsp3) is 0.207. The second-order valence-electron chi connectivity index (χ2n) is 9.26. The highest BCUT2D eigenvalue weighted by atomic mass is 16.2. The van der Waals surface area contributed by atoms with Crippen molar-refractivity contribution in [1.29, 1.82) is 0 Å². The van der Waals surface area contributed by atoms with Crippen LogP contribution in [0.4, 0.5) is 0 Å². The zero-order valence-corrected chi connectivity index (χ0v) is 19.4. The molecule has 6 heteroatoms. The van der Waals surface area contributed by atoms with Gasteiger partial charge in [0.15, 0.2) is 5.65 Å². The van der Waals surface area contributed by atoms with Crippen LogP contribution in [0.1, 0.15) is 28.8 Å². The van der Waals surface area contributed by atoms with Crippen LogP contribution in [-0.4, -0.2) is 39.3 Å². The van der Waals surface area contributed by atoms with Crippen LogP contribution in [0.2, 0.25) is 0 Å². The van der Waals surface area contributed by atoms with Gasteiger partial charge < -0.3 is 5.32 Å². The highest BCUT2D eigenvalue weighted by Gasteiger charge is 2.23. The van der Waals surface area contributed by atoms with Crippen molar-refractivity contribution in [2.24, 2.45) is 0 Å². The van der Waals surface area contributed by atoms with Gasteiger partial charge in [0.1, 0.15) is 0 Å². The van der Waals surface area contributed by atoms with Gasteiger partial charge in [0.05, 0.1) is 16.5 Å². The smallest absolute Gasteiger partial charge is 0.265 e. The Hall–Kier alpha value is -4.03. The summed E-state index contributed by atoms with van der Waals surface area (Å²) in [5.74, 6) is -0.184. The fourth-order valence-electron chi connectivity index (χ4n) is 5.03. The summed E-state index contributed by atoms with van der Waals surface area (Å²) < 4.78 is 1.48. The van der Waals surface area contributed by atoms with E-state index in [9.17, 15) is 9.59 Å². The first-order chi connectivity index (χ1) is 17.2. The summed E-state index contributed by atoms with van der Waals surface area (Å²) in [6, 6.07) is 25.7. The number of likely N-dealkylation sites (tertiary alicyclic amines) is 1.